The first-order valence-electron chi connectivity index (χ1n) is 9.66. The fourth-order valence-corrected chi connectivity index (χ4v) is 3.65. The number of hydrogen-bond acceptors (Lipinski definition) is 7. The summed E-state index contributed by atoms with van der Waals surface area (Å²) in [7, 11) is 0. The molecule has 0 radical (unpaired) electrons. The molecule has 2 aromatic carbocycles. The molecule has 7 nitrogen and oxygen atoms in total. The number of carbonyl (C=O) groups is 1. The third-order valence-corrected chi connectivity index (χ3v) is 5.59. The average molecular weight is 503 g/mol. The van der Waals surface area contributed by atoms with Crippen molar-refractivity contribution in [2.45, 2.75) is 20.4 Å². The van der Waals surface area contributed by atoms with E-state index in [9.17, 15) is 4.79 Å². The molecule has 9 heteroatoms. The van der Waals surface area contributed by atoms with Crippen LogP contribution in [0.5, 0.6) is 11.5 Å². The number of anilines is 1. The van der Waals surface area contributed by atoms with E-state index in [1.807, 2.05) is 55.6 Å². The van der Waals surface area contributed by atoms with Gasteiger partial charge in [-0.2, -0.15) is 5.10 Å². The number of nitrogens with zero attached hydrogens (tertiary/aromatic N) is 2. The van der Waals surface area contributed by atoms with E-state index in [0.717, 1.165) is 26.4 Å². The molecule has 0 aliphatic carbocycles. The van der Waals surface area contributed by atoms with E-state index in [1.165, 1.54) is 11.3 Å². The van der Waals surface area contributed by atoms with Crippen molar-refractivity contribution in [2.75, 3.05) is 18.6 Å². The molecule has 3 aromatic rings. The highest BCUT2D eigenvalue weighted by Crippen LogP contribution is 2.33. The summed E-state index contributed by atoms with van der Waals surface area (Å²) in [5.74, 6) is 0.799. The number of halogens is 1. The third kappa shape index (κ3) is 7.08. The highest BCUT2D eigenvalue weighted by atomic mass is 79.9. The summed E-state index contributed by atoms with van der Waals surface area (Å²) in [5.41, 5.74) is 5.67. The Labute approximate surface area is 193 Å². The van der Waals surface area contributed by atoms with Gasteiger partial charge in [0.15, 0.2) is 18.1 Å². The number of thiazole rings is 1. The van der Waals surface area contributed by atoms with Crippen molar-refractivity contribution in [2.24, 2.45) is 5.10 Å². The number of carbonyl (C=O) groups excluding carboxylic acids is 1. The van der Waals surface area contributed by atoms with E-state index in [2.05, 4.69) is 36.8 Å². The second kappa shape index (κ2) is 11.5. The van der Waals surface area contributed by atoms with Crippen LogP contribution >= 0.6 is 27.3 Å². The zero-order valence-electron chi connectivity index (χ0n) is 17.2. The zero-order chi connectivity index (χ0) is 22.1. The van der Waals surface area contributed by atoms with Crippen LogP contribution in [-0.2, 0) is 11.3 Å². The Kier molecular flexibility index (Phi) is 8.43. The van der Waals surface area contributed by atoms with Gasteiger partial charge in [0.25, 0.3) is 5.91 Å². The van der Waals surface area contributed by atoms with E-state index in [1.54, 1.807) is 12.3 Å². The average Bonchev–Trinajstić information content (AvgIpc) is 3.19. The van der Waals surface area contributed by atoms with Gasteiger partial charge in [0.1, 0.15) is 0 Å². The molecule has 3 rings (SSSR count). The molecular formula is C22H23BrN4O3S. The molecule has 1 aromatic heterocycles. The topological polar surface area (TPSA) is 84.8 Å². The molecule has 0 spiro atoms. The highest BCUT2D eigenvalue weighted by molar-refractivity contribution is 9.10. The second-order valence-electron chi connectivity index (χ2n) is 6.47. The quantitative estimate of drug-likeness (QED) is 0.308. The van der Waals surface area contributed by atoms with Gasteiger partial charge >= 0.3 is 0 Å². The minimum Gasteiger partial charge on any atom is -0.490 e. The van der Waals surface area contributed by atoms with Crippen molar-refractivity contribution >= 4 is 44.5 Å². The van der Waals surface area contributed by atoms with Crippen LogP contribution in [0.15, 0.2) is 57.4 Å². The number of amides is 1. The molecule has 0 aliphatic heterocycles. The standard InChI is InChI=1S/C22H23BrN4O3S/c1-3-29-19-9-17(12-25-27-22-26-15(2)14-31-22)18(23)10-20(19)30-13-21(28)24-11-16-7-5-4-6-8-16/h4-10,12,14H,3,11,13H2,1-2H3,(H,24,28)(H,26,27). The molecule has 1 heterocycles. The molecule has 0 saturated carbocycles. The van der Waals surface area contributed by atoms with Gasteiger partial charge in [-0.3, -0.25) is 10.2 Å². The summed E-state index contributed by atoms with van der Waals surface area (Å²) in [6.07, 6.45) is 1.67. The molecule has 162 valence electrons. The largest absolute Gasteiger partial charge is 0.490 e. The van der Waals surface area contributed by atoms with E-state index >= 15 is 0 Å². The Morgan fingerprint density at radius 3 is 2.71 bits per heavy atom. The van der Waals surface area contributed by atoms with Crippen molar-refractivity contribution in [1.82, 2.24) is 10.3 Å². The van der Waals surface area contributed by atoms with Crippen LogP contribution in [0.4, 0.5) is 5.13 Å². The Hall–Kier alpha value is -2.91. The lowest BCUT2D eigenvalue weighted by molar-refractivity contribution is -0.123. The number of hydrogen-bond donors (Lipinski definition) is 2. The summed E-state index contributed by atoms with van der Waals surface area (Å²) in [6, 6.07) is 13.3. The molecule has 0 bridgehead atoms. The number of benzene rings is 2. The van der Waals surface area contributed by atoms with Crippen LogP contribution < -0.4 is 20.2 Å². The maximum absolute atomic E-state index is 12.2. The minimum atomic E-state index is -0.212. The molecular weight excluding hydrogens is 480 g/mol. The normalized spacial score (nSPS) is 10.8. The third-order valence-electron chi connectivity index (χ3n) is 4.04. The van der Waals surface area contributed by atoms with Gasteiger partial charge in [0.05, 0.1) is 18.5 Å². The Bertz CT molecular complexity index is 1040. The number of nitrogens with one attached hydrogen (secondary N) is 2. The molecule has 0 atom stereocenters. The van der Waals surface area contributed by atoms with Gasteiger partial charge in [-0.1, -0.05) is 30.3 Å². The predicted octanol–water partition coefficient (Wildman–Crippen LogP) is 4.75. The number of rotatable bonds is 10. The lowest BCUT2D eigenvalue weighted by Gasteiger charge is -2.14. The molecule has 31 heavy (non-hydrogen) atoms. The van der Waals surface area contributed by atoms with E-state index in [-0.39, 0.29) is 12.5 Å². The van der Waals surface area contributed by atoms with Crippen molar-refractivity contribution in [3.05, 3.63) is 69.1 Å². The summed E-state index contributed by atoms with van der Waals surface area (Å²) in [4.78, 5) is 16.5. The van der Waals surface area contributed by atoms with Crippen LogP contribution in [0.1, 0.15) is 23.7 Å². The zero-order valence-corrected chi connectivity index (χ0v) is 19.6. The highest BCUT2D eigenvalue weighted by Gasteiger charge is 2.12. The maximum Gasteiger partial charge on any atom is 0.258 e. The van der Waals surface area contributed by atoms with Gasteiger partial charge < -0.3 is 14.8 Å². The van der Waals surface area contributed by atoms with Gasteiger partial charge in [0.2, 0.25) is 5.13 Å². The van der Waals surface area contributed by atoms with Crippen LogP contribution in [0.3, 0.4) is 0 Å². The maximum atomic E-state index is 12.2. The van der Waals surface area contributed by atoms with Crippen molar-refractivity contribution in [1.29, 1.82) is 0 Å². The molecule has 0 fully saturated rings. The van der Waals surface area contributed by atoms with E-state index < -0.39 is 0 Å². The molecule has 2 N–H and O–H groups in total. The Morgan fingerprint density at radius 2 is 2.00 bits per heavy atom. The SMILES string of the molecule is CCOc1cc(C=NNc2nc(C)cs2)c(Br)cc1OCC(=O)NCc1ccccc1. The molecule has 0 saturated heterocycles. The second-order valence-corrected chi connectivity index (χ2v) is 8.18. The first-order chi connectivity index (χ1) is 15.0. The van der Waals surface area contributed by atoms with Crippen molar-refractivity contribution in [3.63, 3.8) is 0 Å². The summed E-state index contributed by atoms with van der Waals surface area (Å²) in [6.45, 7) is 4.62. The minimum absolute atomic E-state index is 0.113. The Morgan fingerprint density at radius 1 is 1.23 bits per heavy atom. The van der Waals surface area contributed by atoms with Crippen LogP contribution in [0.25, 0.3) is 0 Å². The number of aromatic nitrogens is 1. The molecule has 1 amide bonds. The lowest BCUT2D eigenvalue weighted by Crippen LogP contribution is -2.28. The van der Waals surface area contributed by atoms with Gasteiger partial charge in [-0.05, 0) is 47.5 Å². The summed E-state index contributed by atoms with van der Waals surface area (Å²) < 4.78 is 12.2. The fourth-order valence-electron chi connectivity index (χ4n) is 2.58. The first-order valence-corrected chi connectivity index (χ1v) is 11.3. The van der Waals surface area contributed by atoms with Gasteiger partial charge in [-0.25, -0.2) is 4.98 Å². The van der Waals surface area contributed by atoms with Crippen LogP contribution in [-0.4, -0.2) is 30.3 Å². The molecule has 0 aliphatic rings. The van der Waals surface area contributed by atoms with Gasteiger partial charge in [-0.15, -0.1) is 11.3 Å². The monoisotopic (exact) mass is 502 g/mol. The Balaban J connectivity index is 1.61. The van der Waals surface area contributed by atoms with Crippen molar-refractivity contribution < 1.29 is 14.3 Å². The first kappa shape index (κ1) is 22.8. The van der Waals surface area contributed by atoms with Crippen LogP contribution in [0, 0.1) is 6.92 Å². The lowest BCUT2D eigenvalue weighted by atomic mass is 10.2. The van der Waals surface area contributed by atoms with E-state index in [4.69, 9.17) is 9.47 Å². The van der Waals surface area contributed by atoms with E-state index in [0.29, 0.717) is 24.7 Å². The van der Waals surface area contributed by atoms with Gasteiger partial charge in [0, 0.05) is 22.0 Å². The number of aryl methyl sites for hydroxylation is 1. The number of hydrazone groups is 1. The predicted molar refractivity (Wildman–Crippen MR) is 127 cm³/mol. The number of ether oxygens (including phenoxy) is 2. The van der Waals surface area contributed by atoms with Crippen molar-refractivity contribution in [3.8, 4) is 11.5 Å². The van der Waals surface area contributed by atoms with Crippen LogP contribution in [0.2, 0.25) is 0 Å². The summed E-state index contributed by atoms with van der Waals surface area (Å²) >= 11 is 5.01. The summed E-state index contributed by atoms with van der Waals surface area (Å²) in [5, 5.41) is 9.73. The smallest absolute Gasteiger partial charge is 0.258 e. The fraction of sp³-hybridized carbons (Fsp3) is 0.227. The molecule has 0 unspecified atom stereocenters.